The third-order valence-electron chi connectivity index (χ3n) is 3.94. The van der Waals surface area contributed by atoms with Crippen molar-refractivity contribution in [2.24, 2.45) is 0 Å². The molecule has 0 saturated heterocycles. The lowest BCUT2D eigenvalue weighted by Gasteiger charge is -2.15. The lowest BCUT2D eigenvalue weighted by atomic mass is 10.2. The highest BCUT2D eigenvalue weighted by molar-refractivity contribution is 7.98. The number of likely N-dealkylation sites (N-methyl/N-ethyl adjacent to an activating group) is 1. The van der Waals surface area contributed by atoms with E-state index in [9.17, 15) is 14.4 Å². The summed E-state index contributed by atoms with van der Waals surface area (Å²) in [7, 11) is 3.33. The molecule has 148 valence electrons. The minimum Gasteiger partial charge on any atom is -0.355 e. The third kappa shape index (κ3) is 6.40. The Hall–Kier alpha value is -2.84. The number of carbonyl (C=O) groups is 3. The first-order valence-corrected chi connectivity index (χ1v) is 10.0. The van der Waals surface area contributed by atoms with E-state index in [1.165, 1.54) is 0 Å². The number of carbonyl (C=O) groups excluding carboxylic acids is 3. The average Bonchev–Trinajstić information content (AvgIpc) is 2.67. The molecule has 0 heterocycles. The molecule has 0 aromatic heterocycles. The van der Waals surface area contributed by atoms with E-state index in [4.69, 9.17) is 0 Å². The van der Waals surface area contributed by atoms with Crippen LogP contribution in [0.5, 0.6) is 0 Å². The maximum atomic E-state index is 12.3. The molecule has 4 N–H and O–H groups in total. The maximum absolute atomic E-state index is 12.3. The van der Waals surface area contributed by atoms with E-state index in [1.54, 1.807) is 50.1 Å². The number of anilines is 2. The van der Waals surface area contributed by atoms with Crippen LogP contribution in [-0.2, 0) is 9.59 Å². The van der Waals surface area contributed by atoms with E-state index >= 15 is 0 Å². The molecule has 1 unspecified atom stereocenters. The second-order valence-corrected chi connectivity index (χ2v) is 7.12. The van der Waals surface area contributed by atoms with Gasteiger partial charge in [-0.3, -0.25) is 14.4 Å². The molecule has 3 amide bonds. The van der Waals surface area contributed by atoms with Crippen LogP contribution in [0.25, 0.3) is 0 Å². The van der Waals surface area contributed by atoms with Crippen LogP contribution in [0.1, 0.15) is 10.4 Å². The zero-order chi connectivity index (χ0) is 20.5. The fraction of sp³-hybridized carbons (Fsp3) is 0.250. The molecule has 28 heavy (non-hydrogen) atoms. The number of hydrogen-bond acceptors (Lipinski definition) is 4. The van der Waals surface area contributed by atoms with Gasteiger partial charge in [-0.25, -0.2) is 0 Å². The molecule has 1 atom stereocenters. The van der Waals surface area contributed by atoms with Crippen LogP contribution in [-0.4, -0.2) is 51.2 Å². The second kappa shape index (κ2) is 10.5. The Morgan fingerprint density at radius 1 is 0.964 bits per heavy atom. The van der Waals surface area contributed by atoms with Gasteiger partial charge >= 0.3 is 0 Å². The average molecular weight is 402 g/mol. The summed E-state index contributed by atoms with van der Waals surface area (Å²) in [5, 5.41) is 8.19. The van der Waals surface area contributed by atoms with Crippen molar-refractivity contribution in [3.63, 3.8) is 0 Å². The van der Waals surface area contributed by atoms with Crippen molar-refractivity contribution in [1.82, 2.24) is 5.32 Å². The first-order chi connectivity index (χ1) is 13.4. The van der Waals surface area contributed by atoms with Crippen molar-refractivity contribution in [1.29, 1.82) is 0 Å². The molecular formula is C20H25N4O3S+. The summed E-state index contributed by atoms with van der Waals surface area (Å²) in [6.07, 6.45) is 1.95. The molecule has 0 aliphatic carbocycles. The van der Waals surface area contributed by atoms with Gasteiger partial charge < -0.3 is 20.9 Å². The summed E-state index contributed by atoms with van der Waals surface area (Å²) in [6.45, 7) is 0.288. The van der Waals surface area contributed by atoms with Crippen molar-refractivity contribution in [3.8, 4) is 0 Å². The Labute approximate surface area is 168 Å². The van der Waals surface area contributed by atoms with Crippen LogP contribution in [0, 0.1) is 0 Å². The van der Waals surface area contributed by atoms with E-state index < -0.39 is 0 Å². The Balaban J connectivity index is 1.87. The zero-order valence-electron chi connectivity index (χ0n) is 16.2. The predicted molar refractivity (Wildman–Crippen MR) is 112 cm³/mol. The number of rotatable bonds is 8. The lowest BCUT2D eigenvalue weighted by Crippen LogP contribution is -3.11. The van der Waals surface area contributed by atoms with Crippen LogP contribution in [0.4, 0.5) is 11.4 Å². The third-order valence-corrected chi connectivity index (χ3v) is 4.74. The second-order valence-electron chi connectivity index (χ2n) is 6.27. The van der Waals surface area contributed by atoms with Crippen molar-refractivity contribution < 1.29 is 19.3 Å². The Bertz CT molecular complexity index is 857. The summed E-state index contributed by atoms with van der Waals surface area (Å²) in [5.41, 5.74) is 1.77. The number of benzene rings is 2. The smallest absolute Gasteiger partial charge is 0.279 e. The van der Waals surface area contributed by atoms with Gasteiger partial charge in [0.2, 0.25) is 0 Å². The summed E-state index contributed by atoms with van der Waals surface area (Å²) >= 11 is 1.56. The number of thioether (sulfide) groups is 1. The molecule has 2 rings (SSSR count). The molecular weight excluding hydrogens is 376 g/mol. The standard InChI is InChI=1S/C20H24N4O3S/c1-21-20(27)14-7-6-8-15(11-14)22-18(25)12-24(2)13-19(26)23-16-9-4-5-10-17(16)28-3/h4-11H,12-13H2,1-3H3,(H,21,27)(H,22,25)(H,23,26)/p+1. The summed E-state index contributed by atoms with van der Waals surface area (Å²) < 4.78 is 0. The van der Waals surface area contributed by atoms with Gasteiger partial charge in [-0.2, -0.15) is 0 Å². The number of amides is 3. The number of hydrogen-bond donors (Lipinski definition) is 4. The van der Waals surface area contributed by atoms with E-state index in [-0.39, 0.29) is 30.8 Å². The molecule has 0 radical (unpaired) electrons. The quantitative estimate of drug-likeness (QED) is 0.494. The normalized spacial score (nSPS) is 11.4. The van der Waals surface area contributed by atoms with Gasteiger partial charge in [-0.15, -0.1) is 11.8 Å². The maximum Gasteiger partial charge on any atom is 0.279 e. The topological polar surface area (TPSA) is 91.7 Å². The first-order valence-electron chi connectivity index (χ1n) is 8.79. The first kappa shape index (κ1) is 21.5. The van der Waals surface area contributed by atoms with Crippen molar-refractivity contribution in [2.75, 3.05) is 44.1 Å². The van der Waals surface area contributed by atoms with E-state index in [0.717, 1.165) is 15.5 Å². The highest BCUT2D eigenvalue weighted by Gasteiger charge is 2.16. The minimum atomic E-state index is -0.233. The molecule has 7 nitrogen and oxygen atoms in total. The molecule has 0 saturated carbocycles. The molecule has 0 bridgehead atoms. The van der Waals surface area contributed by atoms with Crippen LogP contribution in [0.2, 0.25) is 0 Å². The van der Waals surface area contributed by atoms with Gasteiger partial charge in [0.05, 0.1) is 12.7 Å². The summed E-state index contributed by atoms with van der Waals surface area (Å²) in [5.74, 6) is -0.613. The molecule has 0 aliphatic heterocycles. The molecule has 0 spiro atoms. The van der Waals surface area contributed by atoms with Crippen molar-refractivity contribution >= 4 is 40.9 Å². The van der Waals surface area contributed by atoms with Crippen LogP contribution < -0.4 is 20.9 Å². The molecule has 2 aromatic carbocycles. The zero-order valence-corrected chi connectivity index (χ0v) is 17.0. The van der Waals surface area contributed by atoms with E-state index in [1.807, 2.05) is 30.5 Å². The van der Waals surface area contributed by atoms with Gasteiger partial charge in [0, 0.05) is 23.2 Å². The number of nitrogens with one attached hydrogen (secondary N) is 4. The van der Waals surface area contributed by atoms with Gasteiger partial charge in [-0.05, 0) is 36.6 Å². The summed E-state index contributed by atoms with van der Waals surface area (Å²) in [6, 6.07) is 14.3. The highest BCUT2D eigenvalue weighted by Crippen LogP contribution is 2.24. The Morgan fingerprint density at radius 2 is 1.64 bits per heavy atom. The lowest BCUT2D eigenvalue weighted by molar-refractivity contribution is -0.862. The predicted octanol–water partition coefficient (Wildman–Crippen LogP) is 0.860. The summed E-state index contributed by atoms with van der Waals surface area (Å²) in [4.78, 5) is 37.9. The highest BCUT2D eigenvalue weighted by atomic mass is 32.2. The van der Waals surface area contributed by atoms with Crippen molar-refractivity contribution in [2.45, 2.75) is 4.90 Å². The van der Waals surface area contributed by atoms with E-state index in [0.29, 0.717) is 11.3 Å². The molecule has 2 aromatic rings. The van der Waals surface area contributed by atoms with Gasteiger partial charge in [0.25, 0.3) is 17.7 Å². The van der Waals surface area contributed by atoms with Gasteiger partial charge in [0.15, 0.2) is 13.1 Å². The fourth-order valence-electron chi connectivity index (χ4n) is 2.64. The van der Waals surface area contributed by atoms with Gasteiger partial charge in [0.1, 0.15) is 0 Å². The monoisotopic (exact) mass is 401 g/mol. The SMILES string of the molecule is CNC(=O)c1cccc(NC(=O)C[NH+](C)CC(=O)Nc2ccccc2SC)c1. The van der Waals surface area contributed by atoms with E-state index in [2.05, 4.69) is 16.0 Å². The van der Waals surface area contributed by atoms with Crippen LogP contribution >= 0.6 is 11.8 Å². The molecule has 0 fully saturated rings. The molecule has 8 heteroatoms. The Kier molecular flexibility index (Phi) is 8.03. The van der Waals surface area contributed by atoms with Crippen LogP contribution in [0.15, 0.2) is 53.4 Å². The molecule has 0 aliphatic rings. The minimum absolute atomic E-state index is 0.127. The van der Waals surface area contributed by atoms with Gasteiger partial charge in [-0.1, -0.05) is 18.2 Å². The van der Waals surface area contributed by atoms with Crippen molar-refractivity contribution in [3.05, 3.63) is 54.1 Å². The van der Waals surface area contributed by atoms with Crippen LogP contribution in [0.3, 0.4) is 0 Å². The largest absolute Gasteiger partial charge is 0.355 e. The fourth-order valence-corrected chi connectivity index (χ4v) is 3.19. The Morgan fingerprint density at radius 3 is 2.32 bits per heavy atom. The number of quaternary nitrogens is 1. The number of para-hydroxylation sites is 1.